The molecule has 120 valence electrons. The Hall–Kier alpha value is -0.970. The van der Waals surface area contributed by atoms with Crippen LogP contribution in [0.25, 0.3) is 0 Å². The van der Waals surface area contributed by atoms with Crippen molar-refractivity contribution in [2.75, 3.05) is 28.7 Å². The van der Waals surface area contributed by atoms with E-state index in [9.17, 15) is 0 Å². The topological polar surface area (TPSA) is 49.8 Å². The van der Waals surface area contributed by atoms with Crippen molar-refractivity contribution in [1.29, 1.82) is 0 Å². The summed E-state index contributed by atoms with van der Waals surface area (Å²) in [6, 6.07) is 2.46. The fourth-order valence-electron chi connectivity index (χ4n) is 1.98. The molecule has 0 saturated heterocycles. The lowest BCUT2D eigenvalue weighted by molar-refractivity contribution is 0.758. The SMILES string of the molecule is CCCNc1cc(NC(C)CCSCC)nc(CCC)n1. The van der Waals surface area contributed by atoms with E-state index in [0.29, 0.717) is 6.04 Å². The summed E-state index contributed by atoms with van der Waals surface area (Å²) >= 11 is 1.99. The van der Waals surface area contributed by atoms with Crippen molar-refractivity contribution in [3.05, 3.63) is 11.9 Å². The Labute approximate surface area is 133 Å². The van der Waals surface area contributed by atoms with Crippen molar-refractivity contribution < 1.29 is 0 Å². The minimum Gasteiger partial charge on any atom is -0.370 e. The van der Waals surface area contributed by atoms with E-state index in [2.05, 4.69) is 48.3 Å². The van der Waals surface area contributed by atoms with Gasteiger partial charge in [0.25, 0.3) is 0 Å². The lowest BCUT2D eigenvalue weighted by atomic mass is 10.2. The molecule has 0 aliphatic carbocycles. The predicted molar refractivity (Wildman–Crippen MR) is 95.5 cm³/mol. The molecule has 0 fully saturated rings. The van der Waals surface area contributed by atoms with Gasteiger partial charge < -0.3 is 10.6 Å². The highest BCUT2D eigenvalue weighted by Crippen LogP contribution is 2.15. The van der Waals surface area contributed by atoms with E-state index in [1.165, 1.54) is 11.5 Å². The third-order valence-corrected chi connectivity index (χ3v) is 4.03. The summed E-state index contributed by atoms with van der Waals surface area (Å²) in [5.74, 6) is 5.19. The van der Waals surface area contributed by atoms with Crippen molar-refractivity contribution in [1.82, 2.24) is 9.97 Å². The molecule has 1 heterocycles. The van der Waals surface area contributed by atoms with Gasteiger partial charge in [-0.2, -0.15) is 11.8 Å². The molecule has 0 radical (unpaired) electrons. The molecule has 0 aliphatic heterocycles. The predicted octanol–water partition coefficient (Wildman–Crippen LogP) is 4.19. The molecule has 0 spiro atoms. The summed E-state index contributed by atoms with van der Waals surface area (Å²) in [7, 11) is 0. The maximum absolute atomic E-state index is 4.63. The molecule has 0 amide bonds. The van der Waals surface area contributed by atoms with Crippen LogP contribution in [-0.4, -0.2) is 34.1 Å². The average molecular weight is 311 g/mol. The number of nitrogens with one attached hydrogen (secondary N) is 2. The first-order valence-corrected chi connectivity index (χ1v) is 9.31. The average Bonchev–Trinajstić information content (AvgIpc) is 2.45. The Morgan fingerprint density at radius 2 is 1.90 bits per heavy atom. The van der Waals surface area contributed by atoms with Gasteiger partial charge in [-0.25, -0.2) is 9.97 Å². The Morgan fingerprint density at radius 1 is 1.14 bits per heavy atom. The van der Waals surface area contributed by atoms with E-state index in [1.54, 1.807) is 0 Å². The first kappa shape index (κ1) is 18.1. The maximum atomic E-state index is 4.63. The Balaban J connectivity index is 2.67. The third kappa shape index (κ3) is 7.55. The van der Waals surface area contributed by atoms with E-state index < -0.39 is 0 Å². The molecule has 1 unspecified atom stereocenters. The van der Waals surface area contributed by atoms with Gasteiger partial charge in [-0.1, -0.05) is 20.8 Å². The molecule has 1 aromatic heterocycles. The van der Waals surface area contributed by atoms with E-state index in [4.69, 9.17) is 0 Å². The molecule has 1 aromatic rings. The number of nitrogens with zero attached hydrogens (tertiary/aromatic N) is 2. The zero-order valence-corrected chi connectivity index (χ0v) is 14.7. The normalized spacial score (nSPS) is 12.2. The van der Waals surface area contributed by atoms with E-state index in [-0.39, 0.29) is 0 Å². The molecule has 0 bridgehead atoms. The summed E-state index contributed by atoms with van der Waals surface area (Å²) in [6.07, 6.45) is 4.25. The third-order valence-electron chi connectivity index (χ3n) is 3.10. The van der Waals surface area contributed by atoms with Gasteiger partial charge in [0, 0.05) is 25.1 Å². The molecule has 0 aliphatic rings. The van der Waals surface area contributed by atoms with Gasteiger partial charge in [-0.3, -0.25) is 0 Å². The summed E-state index contributed by atoms with van der Waals surface area (Å²) in [6.45, 7) is 9.69. The smallest absolute Gasteiger partial charge is 0.133 e. The van der Waals surface area contributed by atoms with Crippen LogP contribution in [0.4, 0.5) is 11.6 Å². The van der Waals surface area contributed by atoms with Crippen LogP contribution in [0.2, 0.25) is 0 Å². The highest BCUT2D eigenvalue weighted by molar-refractivity contribution is 7.99. The van der Waals surface area contributed by atoms with Crippen LogP contribution in [0.15, 0.2) is 6.07 Å². The minimum absolute atomic E-state index is 0.437. The van der Waals surface area contributed by atoms with Crippen LogP contribution in [0.5, 0.6) is 0 Å². The minimum atomic E-state index is 0.437. The molecule has 0 saturated carbocycles. The van der Waals surface area contributed by atoms with Gasteiger partial charge in [0.1, 0.15) is 17.5 Å². The quantitative estimate of drug-likeness (QED) is 0.600. The van der Waals surface area contributed by atoms with Crippen LogP contribution < -0.4 is 10.6 Å². The van der Waals surface area contributed by atoms with Gasteiger partial charge in [0.15, 0.2) is 0 Å². The van der Waals surface area contributed by atoms with E-state index >= 15 is 0 Å². The fourth-order valence-corrected chi connectivity index (χ4v) is 2.79. The van der Waals surface area contributed by atoms with Crippen molar-refractivity contribution in [2.45, 2.75) is 59.4 Å². The van der Waals surface area contributed by atoms with Crippen LogP contribution in [0.3, 0.4) is 0 Å². The molecule has 1 atom stereocenters. The lowest BCUT2D eigenvalue weighted by Crippen LogP contribution is -2.18. The second-order valence-electron chi connectivity index (χ2n) is 5.26. The lowest BCUT2D eigenvalue weighted by Gasteiger charge is -2.16. The van der Waals surface area contributed by atoms with Crippen LogP contribution in [0.1, 0.15) is 52.8 Å². The molecule has 0 aromatic carbocycles. The number of aromatic nitrogens is 2. The fraction of sp³-hybridized carbons (Fsp3) is 0.750. The summed E-state index contributed by atoms with van der Waals surface area (Å²) in [4.78, 5) is 9.21. The number of rotatable bonds is 11. The highest BCUT2D eigenvalue weighted by atomic mass is 32.2. The number of hydrogen-bond acceptors (Lipinski definition) is 5. The standard InChI is InChI=1S/C16H30N4S/c1-5-8-14-19-15(17-10-6-2)12-16(20-14)18-13(4)9-11-21-7-3/h12-13H,5-11H2,1-4H3,(H2,17,18,19,20). The Bertz CT molecular complexity index is 398. The van der Waals surface area contributed by atoms with Gasteiger partial charge >= 0.3 is 0 Å². The number of hydrogen-bond donors (Lipinski definition) is 2. The van der Waals surface area contributed by atoms with Gasteiger partial charge in [-0.05, 0) is 37.7 Å². The van der Waals surface area contributed by atoms with Crippen molar-refractivity contribution >= 4 is 23.4 Å². The zero-order valence-electron chi connectivity index (χ0n) is 13.9. The van der Waals surface area contributed by atoms with Gasteiger partial charge in [0.2, 0.25) is 0 Å². The Kier molecular flexibility index (Phi) is 9.22. The zero-order chi connectivity index (χ0) is 15.5. The second kappa shape index (κ2) is 10.7. The van der Waals surface area contributed by atoms with Crippen LogP contribution >= 0.6 is 11.8 Å². The summed E-state index contributed by atoms with van der Waals surface area (Å²) in [5, 5.41) is 6.88. The van der Waals surface area contributed by atoms with Crippen molar-refractivity contribution in [3.8, 4) is 0 Å². The Morgan fingerprint density at radius 3 is 2.57 bits per heavy atom. The summed E-state index contributed by atoms with van der Waals surface area (Å²) < 4.78 is 0. The van der Waals surface area contributed by atoms with Crippen molar-refractivity contribution in [2.24, 2.45) is 0 Å². The van der Waals surface area contributed by atoms with Crippen LogP contribution in [-0.2, 0) is 6.42 Å². The largest absolute Gasteiger partial charge is 0.370 e. The molecule has 5 heteroatoms. The molecular weight excluding hydrogens is 280 g/mol. The van der Waals surface area contributed by atoms with Crippen LogP contribution in [0, 0.1) is 0 Å². The van der Waals surface area contributed by atoms with Gasteiger partial charge in [0.05, 0.1) is 0 Å². The highest BCUT2D eigenvalue weighted by Gasteiger charge is 2.07. The molecule has 2 N–H and O–H groups in total. The molecule has 21 heavy (non-hydrogen) atoms. The number of anilines is 2. The number of aryl methyl sites for hydroxylation is 1. The number of thioether (sulfide) groups is 1. The summed E-state index contributed by atoms with van der Waals surface area (Å²) in [5.41, 5.74) is 0. The van der Waals surface area contributed by atoms with Gasteiger partial charge in [-0.15, -0.1) is 0 Å². The molecule has 1 rings (SSSR count). The van der Waals surface area contributed by atoms with E-state index in [0.717, 1.165) is 49.7 Å². The monoisotopic (exact) mass is 310 g/mol. The molecular formula is C16H30N4S. The molecule has 4 nitrogen and oxygen atoms in total. The van der Waals surface area contributed by atoms with Crippen molar-refractivity contribution in [3.63, 3.8) is 0 Å². The van der Waals surface area contributed by atoms with E-state index in [1.807, 2.05) is 17.8 Å². The first-order valence-electron chi connectivity index (χ1n) is 8.15. The maximum Gasteiger partial charge on any atom is 0.133 e. The first-order chi connectivity index (χ1) is 10.2. The second-order valence-corrected chi connectivity index (χ2v) is 6.66.